The van der Waals surface area contributed by atoms with Gasteiger partial charge in [0.2, 0.25) is 0 Å². The van der Waals surface area contributed by atoms with Gasteiger partial charge in [0.05, 0.1) is 24.0 Å². The molecule has 0 saturated carbocycles. The van der Waals surface area contributed by atoms with E-state index in [9.17, 15) is 19.8 Å². The van der Waals surface area contributed by atoms with Crippen LogP contribution in [-0.2, 0) is 22.7 Å². The molecule has 2 heterocycles. The number of alkyl halides is 1. The zero-order valence-electron chi connectivity index (χ0n) is 18.3. The van der Waals surface area contributed by atoms with Crippen LogP contribution < -0.4 is 16.2 Å². The number of hydrazine groups is 1. The number of carbonyl (C=O) groups excluding carboxylic acids is 2. The van der Waals surface area contributed by atoms with Crippen LogP contribution >= 0.6 is 22.6 Å². The van der Waals surface area contributed by atoms with Gasteiger partial charge >= 0.3 is 0 Å². The van der Waals surface area contributed by atoms with Crippen molar-refractivity contribution in [1.29, 1.82) is 0 Å². The zero-order valence-corrected chi connectivity index (χ0v) is 20.5. The number of aliphatic hydroxyl groups is 2. The van der Waals surface area contributed by atoms with E-state index < -0.39 is 30.1 Å². The maximum atomic E-state index is 12.6. The number of allylic oxidation sites excluding steroid dienone is 1. The van der Waals surface area contributed by atoms with Gasteiger partial charge in [-0.3, -0.25) is 14.6 Å². The van der Waals surface area contributed by atoms with Crippen LogP contribution in [0.2, 0.25) is 0 Å². The number of nitrogens with zero attached hydrogens (tertiary/aromatic N) is 4. The van der Waals surface area contributed by atoms with Crippen LogP contribution in [0.1, 0.15) is 35.6 Å². The summed E-state index contributed by atoms with van der Waals surface area (Å²) in [6.45, 7) is 3.89. The van der Waals surface area contributed by atoms with Crippen molar-refractivity contribution >= 4 is 40.1 Å². The van der Waals surface area contributed by atoms with Gasteiger partial charge in [-0.1, -0.05) is 40.8 Å². The highest BCUT2D eigenvalue weighted by atomic mass is 127. The molecule has 1 aliphatic rings. The van der Waals surface area contributed by atoms with Crippen LogP contribution in [0.5, 0.6) is 0 Å². The van der Waals surface area contributed by atoms with Crippen LogP contribution in [0.15, 0.2) is 42.7 Å². The van der Waals surface area contributed by atoms with Crippen molar-refractivity contribution < 1.29 is 19.8 Å². The van der Waals surface area contributed by atoms with E-state index in [1.165, 1.54) is 9.91 Å². The van der Waals surface area contributed by atoms with Crippen LogP contribution in [0.3, 0.4) is 0 Å². The van der Waals surface area contributed by atoms with E-state index in [0.29, 0.717) is 11.5 Å². The van der Waals surface area contributed by atoms with E-state index in [1.807, 2.05) is 6.08 Å². The molecule has 0 spiro atoms. The second kappa shape index (κ2) is 11.0. The molecule has 5 N–H and O–H groups in total. The van der Waals surface area contributed by atoms with Crippen molar-refractivity contribution in [2.75, 3.05) is 9.44 Å². The van der Waals surface area contributed by atoms with E-state index >= 15 is 0 Å². The minimum Gasteiger partial charge on any atom is -0.380 e. The van der Waals surface area contributed by atoms with Gasteiger partial charge in [0.25, 0.3) is 11.8 Å². The second-order valence-corrected chi connectivity index (χ2v) is 8.62. The van der Waals surface area contributed by atoms with Crippen LogP contribution in [0.25, 0.3) is 0 Å². The Hall–Kier alpha value is -2.61. The molecule has 11 heteroatoms. The molecule has 1 aromatic heterocycles. The quantitative estimate of drug-likeness (QED) is 0.159. The lowest BCUT2D eigenvalue weighted by Gasteiger charge is -2.24. The first-order valence-electron chi connectivity index (χ1n) is 10.3. The van der Waals surface area contributed by atoms with Crippen LogP contribution in [-0.4, -0.2) is 53.5 Å². The third-order valence-corrected chi connectivity index (χ3v) is 5.82. The van der Waals surface area contributed by atoms with Gasteiger partial charge in [-0.05, 0) is 31.5 Å². The summed E-state index contributed by atoms with van der Waals surface area (Å²) in [5, 5.41) is 24.8. The second-order valence-electron chi connectivity index (χ2n) is 7.74. The number of hydrogen-bond acceptors (Lipinski definition) is 8. The summed E-state index contributed by atoms with van der Waals surface area (Å²) >= 11 is 2.21. The van der Waals surface area contributed by atoms with Crippen molar-refractivity contribution in [2.45, 2.75) is 45.2 Å². The number of carbonyl (C=O) groups is 2. The number of aliphatic hydroxyl groups excluding tert-OH is 2. The molecule has 176 valence electrons. The molecule has 0 saturated heterocycles. The van der Waals surface area contributed by atoms with E-state index in [1.54, 1.807) is 50.5 Å². The molecule has 1 aliphatic heterocycles. The third kappa shape index (κ3) is 6.05. The SMILES string of the molecule is Cc1ncc2c(n1)CN(C(=O)[C@H](O)[C@@H](O)C(=O)N[C@H](C)c1ccc(N(N)/C=C\CI)cc1)C2. The van der Waals surface area contributed by atoms with Crippen molar-refractivity contribution in [3.8, 4) is 0 Å². The normalized spacial score (nSPS) is 15.8. The fourth-order valence-corrected chi connectivity index (χ4v) is 3.66. The molecular formula is C22H27IN6O4. The summed E-state index contributed by atoms with van der Waals surface area (Å²) in [7, 11) is 0. The molecule has 2 aromatic rings. The topological polar surface area (TPSA) is 145 Å². The molecule has 2 amide bonds. The predicted molar refractivity (Wildman–Crippen MR) is 131 cm³/mol. The number of hydrogen-bond donors (Lipinski definition) is 4. The molecular weight excluding hydrogens is 539 g/mol. The number of nitrogens with two attached hydrogens (primary N) is 1. The number of fused-ring (bicyclic) bond motifs is 1. The minimum atomic E-state index is -1.91. The molecule has 33 heavy (non-hydrogen) atoms. The Morgan fingerprint density at radius 3 is 2.64 bits per heavy atom. The fourth-order valence-electron chi connectivity index (χ4n) is 3.43. The van der Waals surface area contributed by atoms with E-state index in [0.717, 1.165) is 21.2 Å². The van der Waals surface area contributed by atoms with Crippen molar-refractivity contribution in [1.82, 2.24) is 20.2 Å². The maximum Gasteiger partial charge on any atom is 0.255 e. The first kappa shape index (κ1) is 25.0. The number of aromatic nitrogens is 2. The number of nitrogens with one attached hydrogen (secondary N) is 1. The Balaban J connectivity index is 1.57. The maximum absolute atomic E-state index is 12.6. The number of halogens is 1. The molecule has 10 nitrogen and oxygen atoms in total. The minimum absolute atomic E-state index is 0.191. The molecule has 1 aromatic carbocycles. The summed E-state index contributed by atoms with van der Waals surface area (Å²) in [4.78, 5) is 34.9. The Morgan fingerprint density at radius 1 is 1.27 bits per heavy atom. The summed E-state index contributed by atoms with van der Waals surface area (Å²) < 4.78 is 0.835. The summed E-state index contributed by atoms with van der Waals surface area (Å²) in [6.07, 6.45) is 1.51. The van der Waals surface area contributed by atoms with Gasteiger partial charge in [0.1, 0.15) is 5.82 Å². The standard InChI is InChI=1S/C22H27IN6O4/c1-13(15-4-6-17(7-5-15)29(24)9-3-8-23)26-21(32)19(30)20(31)22(33)28-11-16-10-25-14(2)27-18(16)12-28/h3-7,9-10,13,19-20,30-31H,8,11-12,24H2,1-2H3,(H,26,32)/b9-3-/t13-,19-,20-/m1/s1. The lowest BCUT2D eigenvalue weighted by atomic mass is 10.1. The highest BCUT2D eigenvalue weighted by Crippen LogP contribution is 2.22. The molecule has 0 radical (unpaired) electrons. The number of rotatable bonds is 8. The van der Waals surface area contributed by atoms with Crippen LogP contribution in [0.4, 0.5) is 5.69 Å². The third-order valence-electron chi connectivity index (χ3n) is 5.31. The number of benzene rings is 1. The van der Waals surface area contributed by atoms with Gasteiger partial charge in [-0.25, -0.2) is 15.8 Å². The van der Waals surface area contributed by atoms with E-state index in [2.05, 4.69) is 37.9 Å². The Morgan fingerprint density at radius 2 is 1.97 bits per heavy atom. The summed E-state index contributed by atoms with van der Waals surface area (Å²) in [5.74, 6) is 4.95. The zero-order chi connectivity index (χ0) is 24.1. The first-order chi connectivity index (χ1) is 15.7. The average molecular weight is 566 g/mol. The molecule has 3 rings (SSSR count). The molecule has 3 atom stereocenters. The number of aryl methyl sites for hydroxylation is 1. The largest absolute Gasteiger partial charge is 0.380 e. The van der Waals surface area contributed by atoms with E-state index in [4.69, 9.17) is 5.84 Å². The summed E-state index contributed by atoms with van der Waals surface area (Å²) in [6, 6.07) is 6.75. The molecule has 0 fully saturated rings. The van der Waals surface area contributed by atoms with Gasteiger partial charge in [0, 0.05) is 28.9 Å². The molecule has 0 aliphatic carbocycles. The van der Waals surface area contributed by atoms with Crippen LogP contribution in [0, 0.1) is 6.92 Å². The first-order valence-corrected chi connectivity index (χ1v) is 11.9. The van der Waals surface area contributed by atoms with E-state index in [-0.39, 0.29) is 13.1 Å². The smallest absolute Gasteiger partial charge is 0.255 e. The van der Waals surface area contributed by atoms with Gasteiger partial charge in [-0.15, -0.1) is 0 Å². The highest BCUT2D eigenvalue weighted by molar-refractivity contribution is 14.1. The summed E-state index contributed by atoms with van der Waals surface area (Å²) in [5.41, 5.74) is 3.01. The Bertz CT molecular complexity index is 1030. The lowest BCUT2D eigenvalue weighted by Crippen LogP contribution is -2.50. The molecule has 0 unspecified atom stereocenters. The number of anilines is 1. The fraction of sp³-hybridized carbons (Fsp3) is 0.364. The number of amides is 2. The van der Waals surface area contributed by atoms with Gasteiger partial charge < -0.3 is 20.4 Å². The van der Waals surface area contributed by atoms with Crippen molar-refractivity contribution in [2.24, 2.45) is 5.84 Å². The molecule has 0 bridgehead atoms. The Labute approximate surface area is 205 Å². The predicted octanol–water partition coefficient (Wildman–Crippen LogP) is 0.855. The average Bonchev–Trinajstić information content (AvgIpc) is 3.24. The van der Waals surface area contributed by atoms with Gasteiger partial charge in [0.15, 0.2) is 12.2 Å². The van der Waals surface area contributed by atoms with Gasteiger partial charge in [-0.2, -0.15) is 0 Å². The Kier molecular flexibility index (Phi) is 8.35. The lowest BCUT2D eigenvalue weighted by molar-refractivity contribution is -0.153. The monoisotopic (exact) mass is 566 g/mol. The highest BCUT2D eigenvalue weighted by Gasteiger charge is 2.36. The van der Waals surface area contributed by atoms with Crippen molar-refractivity contribution in [3.05, 3.63) is 65.4 Å². The van der Waals surface area contributed by atoms with Crippen molar-refractivity contribution in [3.63, 3.8) is 0 Å².